The van der Waals surface area contributed by atoms with Crippen LogP contribution >= 0.6 is 15.9 Å². The van der Waals surface area contributed by atoms with Crippen LogP contribution in [0.15, 0.2) is 30.3 Å². The topological polar surface area (TPSA) is 23.6 Å². The first-order valence-corrected chi connectivity index (χ1v) is 9.06. The van der Waals surface area contributed by atoms with Gasteiger partial charge in [-0.3, -0.25) is 9.69 Å². The lowest BCUT2D eigenvalue weighted by Crippen LogP contribution is -2.51. The summed E-state index contributed by atoms with van der Waals surface area (Å²) in [5.41, 5.74) is 1.27. The number of benzene rings is 1. The zero-order chi connectivity index (χ0) is 14.7. The highest BCUT2D eigenvalue weighted by Gasteiger charge is 2.37. The van der Waals surface area contributed by atoms with Gasteiger partial charge >= 0.3 is 0 Å². The van der Waals surface area contributed by atoms with Crippen LogP contribution in [0.5, 0.6) is 0 Å². The summed E-state index contributed by atoms with van der Waals surface area (Å²) >= 11 is 3.42. The van der Waals surface area contributed by atoms with Crippen molar-refractivity contribution >= 4 is 21.8 Å². The van der Waals surface area contributed by atoms with Crippen molar-refractivity contribution in [2.24, 2.45) is 0 Å². The fourth-order valence-electron chi connectivity index (χ4n) is 3.20. The second-order valence-electron chi connectivity index (χ2n) is 6.03. The first-order chi connectivity index (χ1) is 10.3. The van der Waals surface area contributed by atoms with E-state index in [1.807, 2.05) is 6.07 Å². The number of hydrogen-bond acceptors (Lipinski definition) is 2. The van der Waals surface area contributed by atoms with Gasteiger partial charge in [-0.15, -0.1) is 0 Å². The molecule has 2 fully saturated rings. The second kappa shape index (κ2) is 6.93. The summed E-state index contributed by atoms with van der Waals surface area (Å²) in [6.07, 6.45) is 4.24. The van der Waals surface area contributed by atoms with Crippen molar-refractivity contribution in [3.8, 4) is 0 Å². The van der Waals surface area contributed by atoms with Crippen LogP contribution in [0.4, 0.5) is 0 Å². The maximum Gasteiger partial charge on any atom is 0.223 e. The standard InChI is InChI=1S/C17H23BrN2O/c18-10-4-7-17(21)20-12-11-19(15-8-9-15)13-16(20)14-5-2-1-3-6-14/h1-3,5-6,15-16H,4,7-13H2. The monoisotopic (exact) mass is 350 g/mol. The number of amides is 1. The zero-order valence-corrected chi connectivity index (χ0v) is 14.0. The molecule has 1 aliphatic heterocycles. The molecule has 21 heavy (non-hydrogen) atoms. The molecule has 1 aromatic rings. The van der Waals surface area contributed by atoms with Crippen molar-refractivity contribution in [1.82, 2.24) is 9.80 Å². The second-order valence-corrected chi connectivity index (χ2v) is 6.83. The Hall–Kier alpha value is -0.870. The smallest absolute Gasteiger partial charge is 0.223 e. The maximum absolute atomic E-state index is 12.5. The SMILES string of the molecule is O=C(CCCBr)N1CCN(C2CC2)CC1c1ccccc1. The Bertz CT molecular complexity index is 475. The molecular weight excluding hydrogens is 328 g/mol. The highest BCUT2D eigenvalue weighted by molar-refractivity contribution is 9.09. The van der Waals surface area contributed by atoms with E-state index in [0.29, 0.717) is 12.3 Å². The highest BCUT2D eigenvalue weighted by atomic mass is 79.9. The van der Waals surface area contributed by atoms with Crippen molar-refractivity contribution < 1.29 is 4.79 Å². The van der Waals surface area contributed by atoms with E-state index in [1.54, 1.807) is 0 Å². The molecular formula is C17H23BrN2O. The Morgan fingerprint density at radius 2 is 1.95 bits per heavy atom. The largest absolute Gasteiger partial charge is 0.333 e. The maximum atomic E-state index is 12.5. The summed E-state index contributed by atoms with van der Waals surface area (Å²) in [5.74, 6) is 0.304. The average Bonchev–Trinajstić information content (AvgIpc) is 3.38. The van der Waals surface area contributed by atoms with E-state index in [9.17, 15) is 4.79 Å². The third-order valence-corrected chi connectivity index (χ3v) is 5.06. The van der Waals surface area contributed by atoms with Gasteiger partial charge in [-0.25, -0.2) is 0 Å². The van der Waals surface area contributed by atoms with Gasteiger partial charge in [0.05, 0.1) is 6.04 Å². The van der Waals surface area contributed by atoms with Crippen molar-refractivity contribution in [1.29, 1.82) is 0 Å². The van der Waals surface area contributed by atoms with E-state index in [2.05, 4.69) is 50.0 Å². The fourth-order valence-corrected chi connectivity index (χ4v) is 3.48. The minimum atomic E-state index is 0.225. The van der Waals surface area contributed by atoms with E-state index in [4.69, 9.17) is 0 Å². The molecule has 3 rings (SSSR count). The first kappa shape index (κ1) is 15.0. The summed E-state index contributed by atoms with van der Waals surface area (Å²) in [5, 5.41) is 0.900. The van der Waals surface area contributed by atoms with Crippen LogP contribution in [-0.2, 0) is 4.79 Å². The molecule has 0 aromatic heterocycles. The zero-order valence-electron chi connectivity index (χ0n) is 12.4. The van der Waals surface area contributed by atoms with Gasteiger partial charge in [0.2, 0.25) is 5.91 Å². The Kier molecular flexibility index (Phi) is 4.96. The van der Waals surface area contributed by atoms with Gasteiger partial charge in [0.15, 0.2) is 0 Å². The molecule has 2 aliphatic rings. The molecule has 0 N–H and O–H groups in total. The molecule has 3 nitrogen and oxygen atoms in total. The van der Waals surface area contributed by atoms with Gasteiger partial charge in [0, 0.05) is 37.4 Å². The van der Waals surface area contributed by atoms with Crippen molar-refractivity contribution in [3.63, 3.8) is 0 Å². The van der Waals surface area contributed by atoms with Gasteiger partial charge in [0.1, 0.15) is 0 Å². The van der Waals surface area contributed by atoms with Crippen LogP contribution in [-0.4, -0.2) is 46.7 Å². The van der Waals surface area contributed by atoms with Gasteiger partial charge in [-0.2, -0.15) is 0 Å². The molecule has 0 radical (unpaired) electrons. The molecule has 1 saturated carbocycles. The average molecular weight is 351 g/mol. The number of nitrogens with zero attached hydrogens (tertiary/aromatic N) is 2. The van der Waals surface area contributed by atoms with E-state index < -0.39 is 0 Å². The van der Waals surface area contributed by atoms with Gasteiger partial charge < -0.3 is 4.90 Å². The van der Waals surface area contributed by atoms with Crippen molar-refractivity contribution in [2.75, 3.05) is 25.0 Å². The predicted octanol–water partition coefficient (Wildman–Crippen LogP) is 3.21. The molecule has 1 unspecified atom stereocenters. The lowest BCUT2D eigenvalue weighted by Gasteiger charge is -2.42. The highest BCUT2D eigenvalue weighted by Crippen LogP contribution is 2.33. The van der Waals surface area contributed by atoms with E-state index in [0.717, 1.165) is 37.4 Å². The van der Waals surface area contributed by atoms with Crippen molar-refractivity contribution in [2.45, 2.75) is 37.8 Å². The van der Waals surface area contributed by atoms with Gasteiger partial charge in [-0.05, 0) is 24.8 Å². The molecule has 1 heterocycles. The summed E-state index contributed by atoms with van der Waals surface area (Å²) in [6, 6.07) is 11.5. The molecule has 1 amide bonds. The Labute approximate surface area is 135 Å². The number of alkyl halides is 1. The Morgan fingerprint density at radius 1 is 1.19 bits per heavy atom. The van der Waals surface area contributed by atoms with Crippen LogP contribution in [0.3, 0.4) is 0 Å². The molecule has 4 heteroatoms. The van der Waals surface area contributed by atoms with Crippen LogP contribution < -0.4 is 0 Å². The summed E-state index contributed by atoms with van der Waals surface area (Å²) in [6.45, 7) is 2.90. The number of hydrogen-bond donors (Lipinski definition) is 0. The normalized spacial score (nSPS) is 23.3. The third kappa shape index (κ3) is 3.67. The lowest BCUT2D eigenvalue weighted by molar-refractivity contribution is -0.136. The Morgan fingerprint density at radius 3 is 2.62 bits per heavy atom. The van der Waals surface area contributed by atoms with Crippen LogP contribution in [0.25, 0.3) is 0 Å². The molecule has 1 aromatic carbocycles. The predicted molar refractivity (Wildman–Crippen MR) is 88.5 cm³/mol. The molecule has 1 atom stereocenters. The Balaban J connectivity index is 1.75. The number of piperazine rings is 1. The number of carbonyl (C=O) groups is 1. The number of carbonyl (C=O) groups excluding carboxylic acids is 1. The third-order valence-electron chi connectivity index (χ3n) is 4.50. The van der Waals surface area contributed by atoms with Crippen LogP contribution in [0.2, 0.25) is 0 Å². The summed E-state index contributed by atoms with van der Waals surface area (Å²) < 4.78 is 0. The molecule has 0 bridgehead atoms. The van der Waals surface area contributed by atoms with E-state index in [-0.39, 0.29) is 6.04 Å². The minimum absolute atomic E-state index is 0.225. The van der Waals surface area contributed by atoms with Gasteiger partial charge in [0.25, 0.3) is 0 Å². The summed E-state index contributed by atoms with van der Waals surface area (Å²) in [4.78, 5) is 17.2. The molecule has 1 aliphatic carbocycles. The molecule has 0 spiro atoms. The lowest BCUT2D eigenvalue weighted by atomic mass is 10.0. The first-order valence-electron chi connectivity index (χ1n) is 7.94. The quantitative estimate of drug-likeness (QED) is 0.761. The molecule has 1 saturated heterocycles. The minimum Gasteiger partial charge on any atom is -0.333 e. The number of rotatable bonds is 5. The number of halogens is 1. The summed E-state index contributed by atoms with van der Waals surface area (Å²) in [7, 11) is 0. The van der Waals surface area contributed by atoms with Crippen molar-refractivity contribution in [3.05, 3.63) is 35.9 Å². The van der Waals surface area contributed by atoms with E-state index in [1.165, 1.54) is 18.4 Å². The molecule has 114 valence electrons. The van der Waals surface area contributed by atoms with Crippen LogP contribution in [0, 0.1) is 0 Å². The fraction of sp³-hybridized carbons (Fsp3) is 0.588. The van der Waals surface area contributed by atoms with Crippen LogP contribution in [0.1, 0.15) is 37.3 Å². The van der Waals surface area contributed by atoms with Gasteiger partial charge in [-0.1, -0.05) is 46.3 Å². The van der Waals surface area contributed by atoms with E-state index >= 15 is 0 Å².